The number of hydrogen-bond donors (Lipinski definition) is 1. The van der Waals surface area contributed by atoms with Crippen molar-refractivity contribution in [3.8, 4) is 0 Å². The summed E-state index contributed by atoms with van der Waals surface area (Å²) in [5, 5.41) is 3.78. The summed E-state index contributed by atoms with van der Waals surface area (Å²) in [6, 6.07) is 15.6. The van der Waals surface area contributed by atoms with Crippen molar-refractivity contribution in [3.05, 3.63) is 70.2 Å². The molecule has 0 saturated heterocycles. The number of rotatable bonds is 5. The van der Waals surface area contributed by atoms with Crippen molar-refractivity contribution >= 4 is 17.5 Å². The minimum atomic E-state index is 0.000202. The molecule has 1 unspecified atom stereocenters. The first kappa shape index (κ1) is 15.6. The Kier molecular flexibility index (Phi) is 5.40. The average molecular weight is 302 g/mol. The lowest BCUT2D eigenvalue weighted by molar-refractivity contribution is -0.121. The maximum atomic E-state index is 12.2. The molecular formula is C18H20ClNO. The second-order valence-electron chi connectivity index (χ2n) is 5.19. The fraction of sp³-hybridized carbons (Fsp3) is 0.278. The topological polar surface area (TPSA) is 29.1 Å². The Hall–Kier alpha value is -1.80. The SMILES string of the molecule is CCC(NC(=O)Cc1ccccc1C)c1cccc(Cl)c1. The molecule has 0 saturated carbocycles. The van der Waals surface area contributed by atoms with Gasteiger partial charge in [-0.05, 0) is 42.2 Å². The summed E-state index contributed by atoms with van der Waals surface area (Å²) in [5.74, 6) is 0.0381. The molecule has 1 amide bonds. The molecule has 1 N–H and O–H groups in total. The van der Waals surface area contributed by atoms with E-state index in [1.165, 1.54) is 0 Å². The number of benzene rings is 2. The average Bonchev–Trinajstić information content (AvgIpc) is 2.47. The number of amides is 1. The van der Waals surface area contributed by atoms with E-state index in [2.05, 4.69) is 12.2 Å². The molecule has 0 aliphatic rings. The predicted octanol–water partition coefficient (Wildman–Crippen LogP) is 4.46. The number of carbonyl (C=O) groups is 1. The van der Waals surface area contributed by atoms with Gasteiger partial charge in [0.15, 0.2) is 0 Å². The third-order valence-electron chi connectivity index (χ3n) is 3.61. The summed E-state index contributed by atoms with van der Waals surface area (Å²) >= 11 is 6.02. The van der Waals surface area contributed by atoms with Gasteiger partial charge in [0.2, 0.25) is 5.91 Å². The van der Waals surface area contributed by atoms with Gasteiger partial charge < -0.3 is 5.32 Å². The van der Waals surface area contributed by atoms with Crippen molar-refractivity contribution in [1.29, 1.82) is 0 Å². The van der Waals surface area contributed by atoms with E-state index >= 15 is 0 Å². The summed E-state index contributed by atoms with van der Waals surface area (Å²) in [5.41, 5.74) is 3.25. The molecule has 0 aromatic heterocycles. The molecule has 2 aromatic rings. The lowest BCUT2D eigenvalue weighted by Crippen LogP contribution is -2.29. The zero-order valence-electron chi connectivity index (χ0n) is 12.4. The van der Waals surface area contributed by atoms with Gasteiger partial charge in [-0.1, -0.05) is 54.9 Å². The van der Waals surface area contributed by atoms with Gasteiger partial charge in [0.25, 0.3) is 0 Å². The van der Waals surface area contributed by atoms with E-state index in [4.69, 9.17) is 11.6 Å². The second-order valence-corrected chi connectivity index (χ2v) is 5.62. The van der Waals surface area contributed by atoms with Crippen LogP contribution in [0, 0.1) is 6.92 Å². The lowest BCUT2D eigenvalue weighted by atomic mass is 10.0. The highest BCUT2D eigenvalue weighted by Gasteiger charge is 2.13. The Bertz CT molecular complexity index is 624. The molecule has 21 heavy (non-hydrogen) atoms. The van der Waals surface area contributed by atoms with Gasteiger partial charge in [0, 0.05) is 5.02 Å². The zero-order valence-corrected chi connectivity index (χ0v) is 13.2. The maximum absolute atomic E-state index is 12.2. The number of aryl methyl sites for hydroxylation is 1. The number of carbonyl (C=O) groups excluding carboxylic acids is 1. The molecule has 0 aliphatic carbocycles. The van der Waals surface area contributed by atoms with E-state index in [0.29, 0.717) is 11.4 Å². The van der Waals surface area contributed by atoms with Gasteiger partial charge in [-0.3, -0.25) is 4.79 Å². The van der Waals surface area contributed by atoms with Crippen LogP contribution < -0.4 is 5.32 Å². The van der Waals surface area contributed by atoms with Crippen LogP contribution in [-0.2, 0) is 11.2 Å². The quantitative estimate of drug-likeness (QED) is 0.868. The van der Waals surface area contributed by atoms with Crippen LogP contribution in [0.1, 0.15) is 36.1 Å². The molecule has 2 nitrogen and oxygen atoms in total. The van der Waals surface area contributed by atoms with Crippen molar-refractivity contribution in [3.63, 3.8) is 0 Å². The van der Waals surface area contributed by atoms with E-state index in [9.17, 15) is 4.79 Å². The molecule has 0 bridgehead atoms. The molecule has 2 rings (SSSR count). The first-order chi connectivity index (χ1) is 10.1. The van der Waals surface area contributed by atoms with Gasteiger partial charge >= 0.3 is 0 Å². The van der Waals surface area contributed by atoms with Crippen molar-refractivity contribution in [2.75, 3.05) is 0 Å². The van der Waals surface area contributed by atoms with Crippen molar-refractivity contribution in [2.45, 2.75) is 32.7 Å². The first-order valence-corrected chi connectivity index (χ1v) is 7.57. The maximum Gasteiger partial charge on any atom is 0.224 e. The van der Waals surface area contributed by atoms with Crippen molar-refractivity contribution < 1.29 is 4.79 Å². The van der Waals surface area contributed by atoms with Crippen LogP contribution in [0.3, 0.4) is 0 Å². The van der Waals surface area contributed by atoms with E-state index in [-0.39, 0.29) is 11.9 Å². The zero-order chi connectivity index (χ0) is 15.2. The Labute approximate surface area is 131 Å². The van der Waals surface area contributed by atoms with Gasteiger partial charge in [0.1, 0.15) is 0 Å². The van der Waals surface area contributed by atoms with Crippen LogP contribution in [0.2, 0.25) is 5.02 Å². The molecule has 110 valence electrons. The molecule has 0 spiro atoms. The lowest BCUT2D eigenvalue weighted by Gasteiger charge is -2.18. The van der Waals surface area contributed by atoms with Crippen LogP contribution in [0.25, 0.3) is 0 Å². The van der Waals surface area contributed by atoms with Gasteiger partial charge in [0.05, 0.1) is 12.5 Å². The highest BCUT2D eigenvalue weighted by Crippen LogP contribution is 2.20. The molecule has 2 aromatic carbocycles. The predicted molar refractivity (Wildman–Crippen MR) is 87.5 cm³/mol. The summed E-state index contributed by atoms with van der Waals surface area (Å²) in [4.78, 5) is 12.2. The first-order valence-electron chi connectivity index (χ1n) is 7.19. The molecule has 0 aliphatic heterocycles. The van der Waals surface area contributed by atoms with E-state index in [1.807, 2.05) is 55.5 Å². The highest BCUT2D eigenvalue weighted by molar-refractivity contribution is 6.30. The van der Waals surface area contributed by atoms with Gasteiger partial charge in [-0.2, -0.15) is 0 Å². The van der Waals surface area contributed by atoms with E-state index < -0.39 is 0 Å². The van der Waals surface area contributed by atoms with Crippen molar-refractivity contribution in [2.24, 2.45) is 0 Å². The third-order valence-corrected chi connectivity index (χ3v) is 3.84. The highest BCUT2D eigenvalue weighted by atomic mass is 35.5. The van der Waals surface area contributed by atoms with Crippen LogP contribution in [0.15, 0.2) is 48.5 Å². The van der Waals surface area contributed by atoms with Crippen LogP contribution in [-0.4, -0.2) is 5.91 Å². The Balaban J connectivity index is 2.05. The van der Waals surface area contributed by atoms with E-state index in [1.54, 1.807) is 0 Å². The number of nitrogens with one attached hydrogen (secondary N) is 1. The fourth-order valence-corrected chi connectivity index (χ4v) is 2.57. The van der Waals surface area contributed by atoms with Crippen LogP contribution in [0.5, 0.6) is 0 Å². The molecule has 0 heterocycles. The Morgan fingerprint density at radius 2 is 1.95 bits per heavy atom. The van der Waals surface area contributed by atoms with E-state index in [0.717, 1.165) is 23.1 Å². The normalized spacial score (nSPS) is 12.0. The molecule has 3 heteroatoms. The Morgan fingerprint density at radius 3 is 2.62 bits per heavy atom. The van der Waals surface area contributed by atoms with Crippen LogP contribution in [0.4, 0.5) is 0 Å². The Morgan fingerprint density at radius 1 is 1.19 bits per heavy atom. The monoisotopic (exact) mass is 301 g/mol. The van der Waals surface area contributed by atoms with Gasteiger partial charge in [-0.15, -0.1) is 0 Å². The summed E-state index contributed by atoms with van der Waals surface area (Å²) in [7, 11) is 0. The molecule has 0 fully saturated rings. The van der Waals surface area contributed by atoms with Crippen LogP contribution >= 0.6 is 11.6 Å². The standard InChI is InChI=1S/C18H20ClNO/c1-3-17(15-9-6-10-16(19)11-15)20-18(21)12-14-8-5-4-7-13(14)2/h4-11,17H,3,12H2,1-2H3,(H,20,21). The molecule has 0 radical (unpaired) electrons. The minimum absolute atomic E-state index is 0.000202. The fourth-order valence-electron chi connectivity index (χ4n) is 2.37. The third kappa shape index (κ3) is 4.33. The largest absolute Gasteiger partial charge is 0.349 e. The molecular weight excluding hydrogens is 282 g/mol. The summed E-state index contributed by atoms with van der Waals surface area (Å²) in [6.45, 7) is 4.08. The number of halogens is 1. The van der Waals surface area contributed by atoms with Crippen molar-refractivity contribution in [1.82, 2.24) is 5.32 Å². The van der Waals surface area contributed by atoms with Gasteiger partial charge in [-0.25, -0.2) is 0 Å². The summed E-state index contributed by atoms with van der Waals surface area (Å²) < 4.78 is 0. The molecule has 1 atom stereocenters. The minimum Gasteiger partial charge on any atom is -0.349 e. The second kappa shape index (κ2) is 7.28. The smallest absolute Gasteiger partial charge is 0.224 e. The number of hydrogen-bond acceptors (Lipinski definition) is 1. The summed E-state index contributed by atoms with van der Waals surface area (Å²) in [6.07, 6.45) is 1.24.